The molecule has 0 heterocycles. The van der Waals surface area contributed by atoms with Crippen molar-refractivity contribution in [2.75, 3.05) is 5.32 Å². The van der Waals surface area contributed by atoms with E-state index in [1.165, 1.54) is 11.1 Å². The zero-order valence-electron chi connectivity index (χ0n) is 13.2. The molecule has 4 nitrogen and oxygen atoms in total. The van der Waals surface area contributed by atoms with E-state index < -0.39 is 5.91 Å². The van der Waals surface area contributed by atoms with Gasteiger partial charge in [-0.05, 0) is 40.8 Å². The highest BCUT2D eigenvalue weighted by molar-refractivity contribution is 5.93. The van der Waals surface area contributed by atoms with Crippen LogP contribution in [0.1, 0.15) is 42.3 Å². The third-order valence-electron chi connectivity index (χ3n) is 3.57. The Balaban J connectivity index is 1.97. The molecule has 3 N–H and O–H groups in total. The summed E-state index contributed by atoms with van der Waals surface area (Å²) in [7, 11) is 0. The average molecular weight is 298 g/mol. The van der Waals surface area contributed by atoms with Gasteiger partial charge in [0.05, 0.1) is 0 Å². The number of hydroxylamine groups is 1. The molecule has 0 radical (unpaired) electrons. The van der Waals surface area contributed by atoms with Crippen molar-refractivity contribution in [3.8, 4) is 0 Å². The lowest BCUT2D eigenvalue weighted by atomic mass is 9.87. The highest BCUT2D eigenvalue weighted by Gasteiger charge is 2.12. The molecule has 0 aliphatic heterocycles. The fourth-order valence-electron chi connectivity index (χ4n) is 2.13. The molecule has 0 spiro atoms. The molecule has 0 bridgehead atoms. The fourth-order valence-corrected chi connectivity index (χ4v) is 2.13. The molecule has 2 rings (SSSR count). The number of anilines is 1. The molecule has 0 atom stereocenters. The first-order chi connectivity index (χ1) is 10.4. The van der Waals surface area contributed by atoms with Gasteiger partial charge in [-0.25, -0.2) is 5.48 Å². The Bertz CT molecular complexity index is 626. The Morgan fingerprint density at radius 1 is 1.00 bits per heavy atom. The molecule has 1 amide bonds. The number of carbonyl (C=O) groups excluding carboxylic acids is 1. The van der Waals surface area contributed by atoms with Crippen molar-refractivity contribution in [1.29, 1.82) is 0 Å². The summed E-state index contributed by atoms with van der Waals surface area (Å²) in [6.07, 6.45) is 0. The third-order valence-corrected chi connectivity index (χ3v) is 3.57. The minimum Gasteiger partial charge on any atom is -0.381 e. The Morgan fingerprint density at radius 2 is 1.59 bits per heavy atom. The quantitative estimate of drug-likeness (QED) is 0.595. The van der Waals surface area contributed by atoms with Gasteiger partial charge in [-0.2, -0.15) is 0 Å². The second-order valence-electron chi connectivity index (χ2n) is 6.32. The summed E-state index contributed by atoms with van der Waals surface area (Å²) in [5.74, 6) is -0.510. The summed E-state index contributed by atoms with van der Waals surface area (Å²) in [4.78, 5) is 11.2. The van der Waals surface area contributed by atoms with Crippen molar-refractivity contribution < 1.29 is 10.0 Å². The molecule has 0 aromatic heterocycles. The first-order valence-corrected chi connectivity index (χ1v) is 7.28. The maximum absolute atomic E-state index is 11.2. The summed E-state index contributed by atoms with van der Waals surface area (Å²) < 4.78 is 0. The van der Waals surface area contributed by atoms with Crippen LogP contribution in [-0.2, 0) is 12.0 Å². The SMILES string of the molecule is CC(C)(C)c1ccc(CNc2ccc(C(=O)NO)cc2)cc1. The van der Waals surface area contributed by atoms with Gasteiger partial charge in [0.1, 0.15) is 0 Å². The van der Waals surface area contributed by atoms with Crippen molar-refractivity contribution in [2.24, 2.45) is 0 Å². The van der Waals surface area contributed by atoms with Crippen LogP contribution in [-0.4, -0.2) is 11.1 Å². The van der Waals surface area contributed by atoms with Crippen LogP contribution in [0.5, 0.6) is 0 Å². The van der Waals surface area contributed by atoms with Gasteiger partial charge in [-0.3, -0.25) is 10.0 Å². The van der Waals surface area contributed by atoms with Crippen LogP contribution in [0, 0.1) is 0 Å². The largest absolute Gasteiger partial charge is 0.381 e. The maximum atomic E-state index is 11.2. The van der Waals surface area contributed by atoms with E-state index in [2.05, 4.69) is 50.4 Å². The molecule has 22 heavy (non-hydrogen) atoms. The number of rotatable bonds is 4. The van der Waals surface area contributed by atoms with Gasteiger partial charge in [0.15, 0.2) is 0 Å². The van der Waals surface area contributed by atoms with Crippen LogP contribution in [0.15, 0.2) is 48.5 Å². The van der Waals surface area contributed by atoms with Crippen molar-refractivity contribution in [1.82, 2.24) is 5.48 Å². The van der Waals surface area contributed by atoms with Crippen LogP contribution in [0.25, 0.3) is 0 Å². The van der Waals surface area contributed by atoms with Crippen molar-refractivity contribution in [3.05, 3.63) is 65.2 Å². The van der Waals surface area contributed by atoms with Gasteiger partial charge in [0, 0.05) is 17.8 Å². The molecular weight excluding hydrogens is 276 g/mol. The van der Waals surface area contributed by atoms with E-state index in [1.807, 2.05) is 12.1 Å². The molecule has 116 valence electrons. The Kier molecular flexibility index (Phi) is 4.83. The number of hydrogen-bond donors (Lipinski definition) is 3. The molecular formula is C18H22N2O2. The topological polar surface area (TPSA) is 61.4 Å². The van der Waals surface area contributed by atoms with Gasteiger partial charge >= 0.3 is 0 Å². The normalized spacial score (nSPS) is 11.1. The minimum absolute atomic E-state index is 0.162. The van der Waals surface area contributed by atoms with Crippen molar-refractivity contribution in [2.45, 2.75) is 32.7 Å². The van der Waals surface area contributed by atoms with Crippen LogP contribution in [0.3, 0.4) is 0 Å². The van der Waals surface area contributed by atoms with Gasteiger partial charge in [0.2, 0.25) is 0 Å². The molecule has 2 aromatic carbocycles. The predicted molar refractivity (Wildman–Crippen MR) is 88.2 cm³/mol. The Morgan fingerprint density at radius 3 is 2.09 bits per heavy atom. The average Bonchev–Trinajstić information content (AvgIpc) is 2.52. The highest BCUT2D eigenvalue weighted by atomic mass is 16.5. The van der Waals surface area contributed by atoms with Crippen LogP contribution in [0.2, 0.25) is 0 Å². The number of carbonyl (C=O) groups is 1. The summed E-state index contributed by atoms with van der Waals surface area (Å²) in [6, 6.07) is 15.5. The first-order valence-electron chi connectivity index (χ1n) is 7.28. The van der Waals surface area contributed by atoms with E-state index in [-0.39, 0.29) is 5.41 Å². The van der Waals surface area contributed by atoms with Crippen LogP contribution >= 0.6 is 0 Å². The van der Waals surface area contributed by atoms with Crippen LogP contribution in [0.4, 0.5) is 5.69 Å². The molecule has 0 aliphatic carbocycles. The van der Waals surface area contributed by atoms with E-state index in [1.54, 1.807) is 17.6 Å². The molecule has 0 aliphatic rings. The lowest BCUT2D eigenvalue weighted by Crippen LogP contribution is -2.18. The number of amides is 1. The van der Waals surface area contributed by atoms with Gasteiger partial charge in [0.25, 0.3) is 5.91 Å². The summed E-state index contributed by atoms with van der Waals surface area (Å²) in [5.41, 5.74) is 5.64. The lowest BCUT2D eigenvalue weighted by molar-refractivity contribution is 0.0706. The zero-order valence-corrected chi connectivity index (χ0v) is 13.2. The summed E-state index contributed by atoms with van der Waals surface area (Å²) in [5, 5.41) is 11.9. The minimum atomic E-state index is -0.510. The second-order valence-corrected chi connectivity index (χ2v) is 6.32. The second kappa shape index (κ2) is 6.62. The predicted octanol–water partition coefficient (Wildman–Crippen LogP) is 3.72. The Labute approximate surface area is 131 Å². The highest BCUT2D eigenvalue weighted by Crippen LogP contribution is 2.22. The molecule has 4 heteroatoms. The lowest BCUT2D eigenvalue weighted by Gasteiger charge is -2.19. The third kappa shape index (κ3) is 4.09. The van der Waals surface area contributed by atoms with E-state index in [0.29, 0.717) is 5.56 Å². The smallest absolute Gasteiger partial charge is 0.274 e. The van der Waals surface area contributed by atoms with Gasteiger partial charge < -0.3 is 5.32 Å². The van der Waals surface area contributed by atoms with Crippen LogP contribution < -0.4 is 10.8 Å². The van der Waals surface area contributed by atoms with Crippen molar-refractivity contribution in [3.63, 3.8) is 0 Å². The van der Waals surface area contributed by atoms with Gasteiger partial charge in [-0.1, -0.05) is 45.0 Å². The fraction of sp³-hybridized carbons (Fsp3) is 0.278. The molecule has 0 saturated heterocycles. The molecule has 0 saturated carbocycles. The van der Waals surface area contributed by atoms with Crippen molar-refractivity contribution >= 4 is 11.6 Å². The van der Waals surface area contributed by atoms with E-state index in [4.69, 9.17) is 5.21 Å². The Hall–Kier alpha value is -2.33. The molecule has 0 unspecified atom stereocenters. The number of hydrogen-bond acceptors (Lipinski definition) is 3. The van der Waals surface area contributed by atoms with E-state index in [0.717, 1.165) is 12.2 Å². The molecule has 2 aromatic rings. The summed E-state index contributed by atoms with van der Waals surface area (Å²) in [6.45, 7) is 7.31. The number of benzene rings is 2. The first kappa shape index (κ1) is 16.0. The zero-order chi connectivity index (χ0) is 16.2. The standard InChI is InChI=1S/C18H22N2O2/c1-18(2,3)15-8-4-13(5-9-15)12-19-16-10-6-14(7-11-16)17(21)20-22/h4-11,19,22H,12H2,1-3H3,(H,20,21). The van der Waals surface area contributed by atoms with E-state index >= 15 is 0 Å². The number of nitrogens with one attached hydrogen (secondary N) is 2. The monoisotopic (exact) mass is 298 g/mol. The molecule has 0 fully saturated rings. The summed E-state index contributed by atoms with van der Waals surface area (Å²) >= 11 is 0. The van der Waals surface area contributed by atoms with Gasteiger partial charge in [-0.15, -0.1) is 0 Å². The van der Waals surface area contributed by atoms with E-state index in [9.17, 15) is 4.79 Å². The maximum Gasteiger partial charge on any atom is 0.274 e.